The highest BCUT2D eigenvalue weighted by Gasteiger charge is 2.12. The summed E-state index contributed by atoms with van der Waals surface area (Å²) in [5, 5.41) is 0. The maximum absolute atomic E-state index is 5.75. The van der Waals surface area contributed by atoms with E-state index in [0.29, 0.717) is 25.1 Å². The van der Waals surface area contributed by atoms with Crippen molar-refractivity contribution in [3.05, 3.63) is 29.8 Å². The first-order valence-electron chi connectivity index (χ1n) is 7.16. The number of nitrogens with two attached hydrogens (primary N) is 1. The van der Waals surface area contributed by atoms with Crippen LogP contribution in [0.4, 0.5) is 0 Å². The van der Waals surface area contributed by atoms with Gasteiger partial charge in [-0.1, -0.05) is 25.7 Å². The minimum atomic E-state index is 0.388. The van der Waals surface area contributed by atoms with Crippen LogP contribution < -0.4 is 10.5 Å². The first kappa shape index (κ1) is 16.6. The molecule has 3 nitrogen and oxygen atoms in total. The normalized spacial score (nSPS) is 12.2. The van der Waals surface area contributed by atoms with Gasteiger partial charge in [-0.3, -0.25) is 0 Å². The maximum Gasteiger partial charge on any atom is 0.119 e. The molecule has 0 fully saturated rings. The van der Waals surface area contributed by atoms with E-state index in [-0.39, 0.29) is 0 Å². The fourth-order valence-electron chi connectivity index (χ4n) is 1.81. The molecule has 0 radical (unpaired) electrons. The molecule has 1 aromatic rings. The molecule has 110 valence electrons. The summed E-state index contributed by atoms with van der Waals surface area (Å²) in [7, 11) is 2.14. The summed E-state index contributed by atoms with van der Waals surface area (Å²) >= 11 is 0. The SMILES string of the molecule is CC(C)C(C)N(C)CCOc1ccc(C#CCN)cc1. The lowest BCUT2D eigenvalue weighted by Crippen LogP contribution is -2.36. The number of benzene rings is 1. The minimum Gasteiger partial charge on any atom is -0.492 e. The Labute approximate surface area is 123 Å². The third kappa shape index (κ3) is 5.64. The molecule has 0 amide bonds. The lowest BCUT2D eigenvalue weighted by Gasteiger charge is -2.27. The molecule has 0 bridgehead atoms. The first-order valence-corrected chi connectivity index (χ1v) is 7.16. The lowest BCUT2D eigenvalue weighted by molar-refractivity contribution is 0.170. The number of hydrogen-bond acceptors (Lipinski definition) is 3. The Morgan fingerprint density at radius 2 is 1.85 bits per heavy atom. The largest absolute Gasteiger partial charge is 0.492 e. The smallest absolute Gasteiger partial charge is 0.119 e. The number of likely N-dealkylation sites (N-methyl/N-ethyl adjacent to an activating group) is 1. The molecule has 0 heterocycles. The van der Waals surface area contributed by atoms with E-state index in [1.165, 1.54) is 0 Å². The Hall–Kier alpha value is -1.50. The highest BCUT2D eigenvalue weighted by atomic mass is 16.5. The molecule has 3 heteroatoms. The Morgan fingerprint density at radius 3 is 2.40 bits per heavy atom. The van der Waals surface area contributed by atoms with Crippen LogP contribution in [0.25, 0.3) is 0 Å². The van der Waals surface area contributed by atoms with E-state index in [2.05, 4.69) is 44.6 Å². The summed E-state index contributed by atoms with van der Waals surface area (Å²) in [6.45, 7) is 8.73. The summed E-state index contributed by atoms with van der Waals surface area (Å²) in [6, 6.07) is 8.38. The zero-order valence-corrected chi connectivity index (χ0v) is 13.0. The van der Waals surface area contributed by atoms with Gasteiger partial charge < -0.3 is 15.4 Å². The second-order valence-corrected chi connectivity index (χ2v) is 5.34. The van der Waals surface area contributed by atoms with Gasteiger partial charge in [-0.25, -0.2) is 0 Å². The van der Waals surface area contributed by atoms with Gasteiger partial charge in [-0.05, 0) is 44.2 Å². The highest BCUT2D eigenvalue weighted by Crippen LogP contribution is 2.12. The molecule has 0 aliphatic heterocycles. The van der Waals surface area contributed by atoms with Gasteiger partial charge in [0.2, 0.25) is 0 Å². The average molecular weight is 274 g/mol. The van der Waals surface area contributed by atoms with Crippen molar-refractivity contribution in [3.63, 3.8) is 0 Å². The third-order valence-corrected chi connectivity index (χ3v) is 3.56. The van der Waals surface area contributed by atoms with Crippen LogP contribution in [0.2, 0.25) is 0 Å². The zero-order valence-electron chi connectivity index (χ0n) is 13.0. The minimum absolute atomic E-state index is 0.388. The number of hydrogen-bond donors (Lipinski definition) is 1. The molecule has 1 atom stereocenters. The van der Waals surface area contributed by atoms with Gasteiger partial charge in [0.25, 0.3) is 0 Å². The fourth-order valence-corrected chi connectivity index (χ4v) is 1.81. The average Bonchev–Trinajstić information content (AvgIpc) is 2.45. The Balaban J connectivity index is 2.39. The van der Waals surface area contributed by atoms with Crippen LogP contribution in [0.15, 0.2) is 24.3 Å². The highest BCUT2D eigenvalue weighted by molar-refractivity contribution is 5.38. The van der Waals surface area contributed by atoms with Gasteiger partial charge in [-0.15, -0.1) is 0 Å². The van der Waals surface area contributed by atoms with Crippen molar-refractivity contribution in [1.29, 1.82) is 0 Å². The molecular formula is C17H26N2O. The molecule has 0 saturated heterocycles. The Kier molecular flexibility index (Phi) is 7.14. The molecule has 2 N–H and O–H groups in total. The van der Waals surface area contributed by atoms with Gasteiger partial charge >= 0.3 is 0 Å². The topological polar surface area (TPSA) is 38.5 Å². The van der Waals surface area contributed by atoms with Gasteiger partial charge in [-0.2, -0.15) is 0 Å². The van der Waals surface area contributed by atoms with Crippen molar-refractivity contribution in [2.24, 2.45) is 11.7 Å². The van der Waals surface area contributed by atoms with Crippen molar-refractivity contribution >= 4 is 0 Å². The summed E-state index contributed by atoms with van der Waals surface area (Å²) in [4.78, 5) is 2.33. The first-order chi connectivity index (χ1) is 9.54. The second kappa shape index (κ2) is 8.63. The standard InChI is InChI=1S/C17H26N2O/c1-14(2)15(3)19(4)12-13-20-17-9-7-16(8-10-17)6-5-11-18/h7-10,14-15H,11-13,18H2,1-4H3. The van der Waals surface area contributed by atoms with E-state index in [1.807, 2.05) is 24.3 Å². The zero-order chi connectivity index (χ0) is 15.0. The molecule has 0 spiro atoms. The van der Waals surface area contributed by atoms with E-state index in [0.717, 1.165) is 17.9 Å². The van der Waals surface area contributed by atoms with Crippen molar-refractivity contribution < 1.29 is 4.74 Å². The van der Waals surface area contributed by atoms with E-state index in [9.17, 15) is 0 Å². The van der Waals surface area contributed by atoms with Gasteiger partial charge in [0.15, 0.2) is 0 Å². The monoisotopic (exact) mass is 274 g/mol. The van der Waals surface area contributed by atoms with Crippen LogP contribution >= 0.6 is 0 Å². The number of ether oxygens (including phenoxy) is 1. The van der Waals surface area contributed by atoms with Crippen molar-refractivity contribution in [2.75, 3.05) is 26.7 Å². The van der Waals surface area contributed by atoms with Crippen LogP contribution in [0.5, 0.6) is 5.75 Å². The van der Waals surface area contributed by atoms with E-state index in [4.69, 9.17) is 10.5 Å². The maximum atomic E-state index is 5.75. The molecule has 0 aliphatic carbocycles. The van der Waals surface area contributed by atoms with E-state index in [1.54, 1.807) is 0 Å². The number of rotatable bonds is 6. The summed E-state index contributed by atoms with van der Waals surface area (Å²) in [6.07, 6.45) is 0. The second-order valence-electron chi connectivity index (χ2n) is 5.34. The summed E-state index contributed by atoms with van der Waals surface area (Å²) < 4.78 is 5.75. The van der Waals surface area contributed by atoms with Crippen molar-refractivity contribution in [1.82, 2.24) is 4.90 Å². The number of nitrogens with zero attached hydrogens (tertiary/aromatic N) is 1. The molecule has 1 aromatic carbocycles. The predicted molar refractivity (Wildman–Crippen MR) is 84.8 cm³/mol. The summed E-state index contributed by atoms with van der Waals surface area (Å²) in [5.74, 6) is 7.37. The van der Waals surface area contributed by atoms with Crippen LogP contribution in [0.3, 0.4) is 0 Å². The van der Waals surface area contributed by atoms with Crippen LogP contribution in [0, 0.1) is 17.8 Å². The molecule has 20 heavy (non-hydrogen) atoms. The van der Waals surface area contributed by atoms with Gasteiger partial charge in [0, 0.05) is 18.2 Å². The van der Waals surface area contributed by atoms with E-state index >= 15 is 0 Å². The molecule has 0 aliphatic rings. The molecule has 0 saturated carbocycles. The van der Waals surface area contributed by atoms with Crippen molar-refractivity contribution in [2.45, 2.75) is 26.8 Å². The van der Waals surface area contributed by atoms with Gasteiger partial charge in [0.1, 0.15) is 12.4 Å². The van der Waals surface area contributed by atoms with Crippen molar-refractivity contribution in [3.8, 4) is 17.6 Å². The molecule has 0 aromatic heterocycles. The van der Waals surface area contributed by atoms with Crippen LogP contribution in [-0.4, -0.2) is 37.7 Å². The van der Waals surface area contributed by atoms with E-state index < -0.39 is 0 Å². The molecule has 1 unspecified atom stereocenters. The molecule has 1 rings (SSSR count). The van der Waals surface area contributed by atoms with Gasteiger partial charge in [0.05, 0.1) is 6.54 Å². The third-order valence-electron chi connectivity index (χ3n) is 3.56. The Bertz CT molecular complexity index is 442. The fraction of sp³-hybridized carbons (Fsp3) is 0.529. The van der Waals surface area contributed by atoms with Crippen LogP contribution in [0.1, 0.15) is 26.3 Å². The summed E-state index contributed by atoms with van der Waals surface area (Å²) in [5.41, 5.74) is 6.31. The predicted octanol–water partition coefficient (Wildman–Crippen LogP) is 2.35. The Morgan fingerprint density at radius 1 is 1.20 bits per heavy atom. The quantitative estimate of drug-likeness (QED) is 0.809. The molecular weight excluding hydrogens is 248 g/mol. The lowest BCUT2D eigenvalue weighted by atomic mass is 10.1. The van der Waals surface area contributed by atoms with Crippen LogP contribution in [-0.2, 0) is 0 Å².